The second kappa shape index (κ2) is 8.97. The first kappa shape index (κ1) is 24.1. The highest BCUT2D eigenvalue weighted by atomic mass is 32.2. The van der Waals surface area contributed by atoms with E-state index < -0.39 is 27.5 Å². The molecule has 2 aliphatic heterocycles. The van der Waals surface area contributed by atoms with Crippen molar-refractivity contribution in [1.29, 1.82) is 0 Å². The Hall–Kier alpha value is -3.02. The van der Waals surface area contributed by atoms with E-state index in [9.17, 15) is 18.0 Å². The van der Waals surface area contributed by atoms with Gasteiger partial charge in [-0.1, -0.05) is 13.0 Å². The van der Waals surface area contributed by atoms with Crippen LogP contribution in [0, 0.1) is 13.8 Å². The number of carbonyl (C=O) groups excluding carboxylic acids is 2. The predicted molar refractivity (Wildman–Crippen MR) is 126 cm³/mol. The minimum Gasteiger partial charge on any atom is -0.379 e. The van der Waals surface area contributed by atoms with E-state index in [1.54, 1.807) is 25.1 Å². The standard InChI is InChI=1S/C23H29N5O5S/c1-5-23(4)21(29)28(22(30)25-23)24-15-18-13-16(2)27(17(18)3)19-7-6-8-20(14-19)34(31,32)26-9-11-33-12-10-26/h6-8,13-15H,5,9-12H2,1-4H3,(H,25,30)/b24-15-/t23-/m1/s1. The van der Waals surface area contributed by atoms with Gasteiger partial charge in [-0.25, -0.2) is 13.2 Å². The highest BCUT2D eigenvalue weighted by Gasteiger charge is 2.46. The van der Waals surface area contributed by atoms with Crippen LogP contribution in [0.25, 0.3) is 5.69 Å². The minimum absolute atomic E-state index is 0.216. The Kier molecular flexibility index (Phi) is 6.36. The smallest absolute Gasteiger partial charge is 0.346 e. The Morgan fingerprint density at radius 1 is 1.18 bits per heavy atom. The number of rotatable bonds is 6. The number of nitrogens with one attached hydrogen (secondary N) is 1. The highest BCUT2D eigenvalue weighted by Crippen LogP contribution is 2.25. The number of aryl methyl sites for hydroxylation is 1. The van der Waals surface area contributed by atoms with Crippen LogP contribution < -0.4 is 5.32 Å². The van der Waals surface area contributed by atoms with Crippen molar-refractivity contribution in [1.82, 2.24) is 19.2 Å². The lowest BCUT2D eigenvalue weighted by molar-refractivity contribution is -0.130. The maximum atomic E-state index is 13.1. The molecule has 4 rings (SSSR count). The zero-order chi connectivity index (χ0) is 24.7. The molecule has 1 N–H and O–H groups in total. The molecule has 2 aliphatic rings. The van der Waals surface area contributed by atoms with Crippen molar-refractivity contribution in [3.05, 3.63) is 47.3 Å². The van der Waals surface area contributed by atoms with Gasteiger partial charge in [0.1, 0.15) is 5.54 Å². The number of hydrazone groups is 1. The van der Waals surface area contributed by atoms with Crippen LogP contribution in [-0.2, 0) is 19.6 Å². The second-order valence-electron chi connectivity index (χ2n) is 8.65. The van der Waals surface area contributed by atoms with Crippen LogP contribution in [-0.4, -0.2) is 72.3 Å². The first-order valence-electron chi connectivity index (χ1n) is 11.2. The van der Waals surface area contributed by atoms with Gasteiger partial charge in [0.05, 0.1) is 24.3 Å². The van der Waals surface area contributed by atoms with Gasteiger partial charge < -0.3 is 14.6 Å². The number of imide groups is 1. The third-order valence-corrected chi connectivity index (χ3v) is 8.31. The molecule has 34 heavy (non-hydrogen) atoms. The Balaban J connectivity index is 1.64. The number of hydrogen-bond acceptors (Lipinski definition) is 6. The fourth-order valence-corrected chi connectivity index (χ4v) is 5.62. The monoisotopic (exact) mass is 487 g/mol. The summed E-state index contributed by atoms with van der Waals surface area (Å²) in [5.41, 5.74) is 2.10. The molecule has 0 unspecified atom stereocenters. The van der Waals surface area contributed by atoms with Crippen molar-refractivity contribution in [2.45, 2.75) is 44.6 Å². The van der Waals surface area contributed by atoms with E-state index >= 15 is 0 Å². The first-order valence-corrected chi connectivity index (χ1v) is 12.6. The van der Waals surface area contributed by atoms with E-state index in [2.05, 4.69) is 10.4 Å². The molecule has 2 fully saturated rings. The van der Waals surface area contributed by atoms with Crippen molar-refractivity contribution in [3.63, 3.8) is 0 Å². The molecule has 10 nitrogen and oxygen atoms in total. The predicted octanol–water partition coefficient (Wildman–Crippen LogP) is 2.17. The summed E-state index contributed by atoms with van der Waals surface area (Å²) < 4.78 is 34.8. The van der Waals surface area contributed by atoms with Gasteiger partial charge in [-0.3, -0.25) is 4.79 Å². The zero-order valence-corrected chi connectivity index (χ0v) is 20.6. The molecule has 3 amide bonds. The third kappa shape index (κ3) is 4.15. The van der Waals surface area contributed by atoms with E-state index in [4.69, 9.17) is 4.74 Å². The maximum absolute atomic E-state index is 13.1. The van der Waals surface area contributed by atoms with Crippen LogP contribution in [0.4, 0.5) is 4.79 Å². The Morgan fingerprint density at radius 2 is 1.88 bits per heavy atom. The molecule has 2 aromatic rings. The lowest BCUT2D eigenvalue weighted by Crippen LogP contribution is -2.42. The molecular weight excluding hydrogens is 458 g/mol. The van der Waals surface area contributed by atoms with E-state index in [-0.39, 0.29) is 4.90 Å². The zero-order valence-electron chi connectivity index (χ0n) is 19.7. The molecule has 0 aliphatic carbocycles. The maximum Gasteiger partial charge on any atom is 0.346 e. The molecule has 1 atom stereocenters. The van der Waals surface area contributed by atoms with Crippen molar-refractivity contribution >= 4 is 28.2 Å². The van der Waals surface area contributed by atoms with E-state index in [1.165, 1.54) is 10.5 Å². The Morgan fingerprint density at radius 3 is 2.53 bits per heavy atom. The number of benzene rings is 1. The van der Waals surface area contributed by atoms with Crippen molar-refractivity contribution in [3.8, 4) is 5.69 Å². The summed E-state index contributed by atoms with van der Waals surface area (Å²) in [6.07, 6.45) is 1.94. The summed E-state index contributed by atoms with van der Waals surface area (Å²) in [5.74, 6) is -0.397. The highest BCUT2D eigenvalue weighted by molar-refractivity contribution is 7.89. The van der Waals surface area contributed by atoms with Gasteiger partial charge in [-0.2, -0.15) is 9.41 Å². The largest absolute Gasteiger partial charge is 0.379 e. The lowest BCUT2D eigenvalue weighted by Gasteiger charge is -2.26. The quantitative estimate of drug-likeness (QED) is 0.496. The minimum atomic E-state index is -3.63. The topological polar surface area (TPSA) is 113 Å². The summed E-state index contributed by atoms with van der Waals surface area (Å²) in [6.45, 7) is 8.69. The number of carbonyl (C=O) groups is 2. The number of amides is 3. The van der Waals surface area contributed by atoms with Crippen LogP contribution in [0.15, 0.2) is 40.3 Å². The molecule has 2 saturated heterocycles. The summed E-state index contributed by atoms with van der Waals surface area (Å²) in [6, 6.07) is 8.11. The summed E-state index contributed by atoms with van der Waals surface area (Å²) in [4.78, 5) is 25.0. The van der Waals surface area contributed by atoms with Gasteiger partial charge in [-0.05, 0) is 51.5 Å². The van der Waals surface area contributed by atoms with Crippen LogP contribution in [0.5, 0.6) is 0 Å². The molecular formula is C23H29N5O5S. The molecule has 182 valence electrons. The number of hydrogen-bond donors (Lipinski definition) is 1. The average molecular weight is 488 g/mol. The molecule has 0 bridgehead atoms. The van der Waals surface area contributed by atoms with E-state index in [1.807, 2.05) is 37.5 Å². The Labute approximate surface area is 199 Å². The molecule has 1 aromatic heterocycles. The van der Waals surface area contributed by atoms with Gasteiger partial charge >= 0.3 is 6.03 Å². The molecule has 0 saturated carbocycles. The summed E-state index contributed by atoms with van der Waals surface area (Å²) in [7, 11) is -3.63. The normalized spacial score (nSPS) is 22.1. The average Bonchev–Trinajstić information content (AvgIpc) is 3.23. The molecule has 1 aromatic carbocycles. The van der Waals surface area contributed by atoms with E-state index in [0.29, 0.717) is 44.0 Å². The van der Waals surface area contributed by atoms with E-state index in [0.717, 1.165) is 16.4 Å². The Bertz CT molecular complexity index is 1260. The lowest BCUT2D eigenvalue weighted by atomic mass is 10.00. The van der Waals surface area contributed by atoms with Crippen molar-refractivity contribution in [2.24, 2.45) is 5.10 Å². The van der Waals surface area contributed by atoms with Gasteiger partial charge in [0, 0.05) is 35.7 Å². The van der Waals surface area contributed by atoms with Crippen molar-refractivity contribution in [2.75, 3.05) is 26.3 Å². The van der Waals surface area contributed by atoms with Gasteiger partial charge in [0.15, 0.2) is 0 Å². The molecule has 11 heteroatoms. The summed E-state index contributed by atoms with van der Waals surface area (Å²) >= 11 is 0. The van der Waals surface area contributed by atoms with Gasteiger partial charge in [-0.15, -0.1) is 5.01 Å². The van der Waals surface area contributed by atoms with Gasteiger partial charge in [0.2, 0.25) is 10.0 Å². The number of nitrogens with zero attached hydrogens (tertiary/aromatic N) is 4. The third-order valence-electron chi connectivity index (χ3n) is 6.41. The van der Waals surface area contributed by atoms with Crippen LogP contribution in [0.2, 0.25) is 0 Å². The summed E-state index contributed by atoms with van der Waals surface area (Å²) in [5, 5.41) is 7.67. The number of aromatic nitrogens is 1. The fourth-order valence-electron chi connectivity index (χ4n) is 4.17. The molecule has 0 radical (unpaired) electrons. The first-order chi connectivity index (χ1) is 16.1. The van der Waals surface area contributed by atoms with Crippen LogP contribution in [0.1, 0.15) is 37.2 Å². The fraction of sp³-hybridized carbons (Fsp3) is 0.435. The number of ether oxygens (including phenoxy) is 1. The number of urea groups is 1. The molecule has 3 heterocycles. The second-order valence-corrected chi connectivity index (χ2v) is 10.6. The van der Waals surface area contributed by atoms with Crippen LogP contribution in [0.3, 0.4) is 0 Å². The van der Waals surface area contributed by atoms with Crippen molar-refractivity contribution < 1.29 is 22.7 Å². The number of sulfonamides is 1. The number of morpholine rings is 1. The SMILES string of the molecule is CC[C@@]1(C)NC(=O)N(/N=C\c2cc(C)n(-c3cccc(S(=O)(=O)N4CCOCC4)c3)c2C)C1=O. The van der Waals surface area contributed by atoms with Crippen LogP contribution >= 0.6 is 0 Å². The van der Waals surface area contributed by atoms with Gasteiger partial charge in [0.25, 0.3) is 5.91 Å². The molecule has 0 spiro atoms.